The highest BCUT2D eigenvalue weighted by Gasteiger charge is 2.41. The van der Waals surface area contributed by atoms with E-state index < -0.39 is 23.3 Å². The molecular formula is C18H25NO3. The van der Waals surface area contributed by atoms with Gasteiger partial charge in [-0.25, -0.2) is 4.79 Å². The van der Waals surface area contributed by atoms with Crippen LogP contribution in [0.2, 0.25) is 0 Å². The van der Waals surface area contributed by atoms with Gasteiger partial charge in [0.15, 0.2) is 0 Å². The largest absolute Gasteiger partial charge is 0.465 e. The smallest absolute Gasteiger partial charge is 0.408 e. The third-order valence-corrected chi connectivity index (χ3v) is 3.35. The van der Waals surface area contributed by atoms with E-state index in [0.29, 0.717) is 0 Å². The Balaban J connectivity index is 3.39. The number of aliphatic hydroxyl groups is 1. The number of benzene rings is 1. The summed E-state index contributed by atoms with van der Waals surface area (Å²) in [6, 6.07) is 6.66. The van der Waals surface area contributed by atoms with Gasteiger partial charge in [0.2, 0.25) is 0 Å². The van der Waals surface area contributed by atoms with Gasteiger partial charge in [0.1, 0.15) is 0 Å². The van der Waals surface area contributed by atoms with Gasteiger partial charge in [-0.1, -0.05) is 18.1 Å². The zero-order valence-corrected chi connectivity index (χ0v) is 14.1. The Labute approximate surface area is 132 Å². The number of amides is 1. The molecule has 1 rings (SSSR count). The van der Waals surface area contributed by atoms with Crippen LogP contribution in [0.4, 0.5) is 4.79 Å². The fourth-order valence-corrected chi connectivity index (χ4v) is 2.55. The molecule has 1 atom stereocenters. The van der Waals surface area contributed by atoms with Crippen LogP contribution in [-0.4, -0.2) is 32.3 Å². The highest BCUT2D eigenvalue weighted by molar-refractivity contribution is 5.67. The SMILES string of the molecule is CC#Cc1ccc([C@H](N(C(=O)O)C(C)(C)C)C(C)(C)O)cc1. The van der Waals surface area contributed by atoms with Crippen LogP contribution in [0.3, 0.4) is 0 Å². The van der Waals surface area contributed by atoms with Gasteiger partial charge in [-0.2, -0.15) is 0 Å². The molecule has 4 nitrogen and oxygen atoms in total. The second kappa shape index (κ2) is 6.41. The fourth-order valence-electron chi connectivity index (χ4n) is 2.55. The van der Waals surface area contributed by atoms with Gasteiger partial charge in [0.05, 0.1) is 11.6 Å². The summed E-state index contributed by atoms with van der Waals surface area (Å²) in [6.45, 7) is 10.5. The van der Waals surface area contributed by atoms with E-state index in [-0.39, 0.29) is 0 Å². The third-order valence-electron chi connectivity index (χ3n) is 3.35. The second-order valence-electron chi connectivity index (χ2n) is 6.88. The zero-order valence-electron chi connectivity index (χ0n) is 14.1. The lowest BCUT2D eigenvalue weighted by Gasteiger charge is -2.44. The van der Waals surface area contributed by atoms with E-state index in [0.717, 1.165) is 11.1 Å². The molecule has 0 aromatic heterocycles. The number of hydrogen-bond donors (Lipinski definition) is 2. The normalized spacial score (nSPS) is 13.0. The van der Waals surface area contributed by atoms with Crippen molar-refractivity contribution in [2.45, 2.75) is 58.7 Å². The molecule has 0 aliphatic rings. The molecule has 1 aromatic rings. The standard InChI is InChI=1S/C18H25NO3/c1-7-8-13-9-11-14(12-10-13)15(18(5,6)22)19(16(20)21)17(2,3)4/h9-12,15,22H,1-6H3,(H,20,21)/t15-/m0/s1. The minimum atomic E-state index is -1.22. The van der Waals surface area contributed by atoms with Gasteiger partial charge < -0.3 is 10.2 Å². The lowest BCUT2D eigenvalue weighted by Crippen LogP contribution is -2.53. The molecule has 0 unspecified atom stereocenters. The highest BCUT2D eigenvalue weighted by atomic mass is 16.4. The van der Waals surface area contributed by atoms with Crippen LogP contribution in [-0.2, 0) is 0 Å². The first-order valence-electron chi connectivity index (χ1n) is 7.26. The lowest BCUT2D eigenvalue weighted by molar-refractivity contribution is -0.0440. The van der Waals surface area contributed by atoms with E-state index >= 15 is 0 Å². The lowest BCUT2D eigenvalue weighted by atomic mass is 9.87. The summed E-state index contributed by atoms with van der Waals surface area (Å²) in [7, 11) is 0. The number of carbonyl (C=O) groups is 1. The second-order valence-corrected chi connectivity index (χ2v) is 6.88. The highest BCUT2D eigenvalue weighted by Crippen LogP contribution is 2.36. The Kier molecular flexibility index (Phi) is 5.26. The van der Waals surface area contributed by atoms with Crippen LogP contribution in [0, 0.1) is 11.8 Å². The van der Waals surface area contributed by atoms with Crippen LogP contribution in [0.25, 0.3) is 0 Å². The van der Waals surface area contributed by atoms with Crippen molar-refractivity contribution in [1.82, 2.24) is 4.90 Å². The summed E-state index contributed by atoms with van der Waals surface area (Å²) in [6.07, 6.45) is -1.06. The van der Waals surface area contributed by atoms with Crippen LogP contribution in [0.15, 0.2) is 24.3 Å². The summed E-state index contributed by atoms with van der Waals surface area (Å²) in [5.74, 6) is 5.78. The molecule has 0 heterocycles. The Morgan fingerprint density at radius 3 is 1.95 bits per heavy atom. The predicted octanol–water partition coefficient (Wildman–Crippen LogP) is 3.65. The number of rotatable bonds is 3. The molecule has 0 aliphatic carbocycles. The maximum absolute atomic E-state index is 11.8. The summed E-state index contributed by atoms with van der Waals surface area (Å²) in [4.78, 5) is 13.1. The van der Waals surface area contributed by atoms with Crippen molar-refractivity contribution in [3.05, 3.63) is 35.4 Å². The predicted molar refractivity (Wildman–Crippen MR) is 87.6 cm³/mol. The molecule has 1 aromatic carbocycles. The van der Waals surface area contributed by atoms with E-state index in [1.54, 1.807) is 20.8 Å². The van der Waals surface area contributed by atoms with Crippen molar-refractivity contribution in [2.24, 2.45) is 0 Å². The molecule has 22 heavy (non-hydrogen) atoms. The monoisotopic (exact) mass is 303 g/mol. The van der Waals surface area contributed by atoms with Crippen molar-refractivity contribution in [2.75, 3.05) is 0 Å². The van der Waals surface area contributed by atoms with Crippen LogP contribution in [0.1, 0.15) is 58.7 Å². The van der Waals surface area contributed by atoms with Gasteiger partial charge in [0.25, 0.3) is 0 Å². The quantitative estimate of drug-likeness (QED) is 0.838. The van der Waals surface area contributed by atoms with Crippen molar-refractivity contribution in [3.8, 4) is 11.8 Å². The Bertz CT molecular complexity index is 580. The van der Waals surface area contributed by atoms with Gasteiger partial charge in [-0.05, 0) is 59.2 Å². The zero-order chi connectivity index (χ0) is 17.1. The molecule has 4 heteroatoms. The molecule has 0 spiro atoms. The van der Waals surface area contributed by atoms with Crippen molar-refractivity contribution in [3.63, 3.8) is 0 Å². The molecular weight excluding hydrogens is 278 g/mol. The average Bonchev–Trinajstić information content (AvgIpc) is 2.34. The first kappa shape index (κ1) is 18.1. The molecule has 0 aliphatic heterocycles. The Morgan fingerprint density at radius 2 is 1.64 bits per heavy atom. The van der Waals surface area contributed by atoms with Gasteiger partial charge >= 0.3 is 6.09 Å². The summed E-state index contributed by atoms with van der Waals surface area (Å²) in [5.41, 5.74) is -0.257. The molecule has 0 saturated heterocycles. The summed E-state index contributed by atoms with van der Waals surface area (Å²) >= 11 is 0. The molecule has 0 saturated carbocycles. The first-order valence-corrected chi connectivity index (χ1v) is 7.26. The third kappa shape index (κ3) is 4.25. The maximum Gasteiger partial charge on any atom is 0.408 e. The van der Waals surface area contributed by atoms with Crippen molar-refractivity contribution >= 4 is 6.09 Å². The number of nitrogens with zero attached hydrogens (tertiary/aromatic N) is 1. The van der Waals surface area contributed by atoms with Crippen LogP contribution < -0.4 is 0 Å². The minimum Gasteiger partial charge on any atom is -0.465 e. The molecule has 1 amide bonds. The van der Waals surface area contributed by atoms with E-state index in [4.69, 9.17) is 0 Å². The Hall–Kier alpha value is -1.99. The topological polar surface area (TPSA) is 60.8 Å². The van der Waals surface area contributed by atoms with Gasteiger partial charge in [0, 0.05) is 11.1 Å². The average molecular weight is 303 g/mol. The number of carboxylic acid groups (broad SMARTS) is 1. The molecule has 0 bridgehead atoms. The van der Waals surface area contributed by atoms with Crippen molar-refractivity contribution in [1.29, 1.82) is 0 Å². The van der Waals surface area contributed by atoms with Crippen LogP contribution in [0.5, 0.6) is 0 Å². The van der Waals surface area contributed by atoms with Gasteiger partial charge in [-0.15, -0.1) is 5.92 Å². The Morgan fingerprint density at radius 1 is 1.14 bits per heavy atom. The van der Waals surface area contributed by atoms with E-state index in [2.05, 4.69) is 11.8 Å². The first-order chi connectivity index (χ1) is 9.98. The van der Waals surface area contributed by atoms with Gasteiger partial charge in [-0.3, -0.25) is 4.90 Å². The van der Waals surface area contributed by atoms with Crippen LogP contribution >= 0.6 is 0 Å². The molecule has 2 N–H and O–H groups in total. The van der Waals surface area contributed by atoms with Crippen molar-refractivity contribution < 1.29 is 15.0 Å². The molecule has 0 fully saturated rings. The maximum atomic E-state index is 11.8. The number of hydrogen-bond acceptors (Lipinski definition) is 2. The molecule has 120 valence electrons. The summed E-state index contributed by atoms with van der Waals surface area (Å²) < 4.78 is 0. The van der Waals surface area contributed by atoms with E-state index in [1.165, 1.54) is 4.90 Å². The minimum absolute atomic E-state index is 0.640. The van der Waals surface area contributed by atoms with E-state index in [1.807, 2.05) is 45.0 Å². The molecule has 0 radical (unpaired) electrons. The van der Waals surface area contributed by atoms with E-state index in [9.17, 15) is 15.0 Å². The summed E-state index contributed by atoms with van der Waals surface area (Å²) in [5, 5.41) is 20.2. The fraction of sp³-hybridized carbons (Fsp3) is 0.500.